The molecule has 0 bridgehead atoms. The molecule has 0 aromatic heterocycles. The van der Waals surface area contributed by atoms with E-state index in [9.17, 15) is 4.79 Å². The van der Waals surface area contributed by atoms with Gasteiger partial charge in [-0.2, -0.15) is 0 Å². The Morgan fingerprint density at radius 1 is 1.46 bits per heavy atom. The summed E-state index contributed by atoms with van der Waals surface area (Å²) in [6, 6.07) is 0. The third-order valence-corrected chi connectivity index (χ3v) is 2.60. The van der Waals surface area contributed by atoms with Gasteiger partial charge in [0.1, 0.15) is 0 Å². The van der Waals surface area contributed by atoms with Gasteiger partial charge in [-0.15, -0.1) is 0 Å². The van der Waals surface area contributed by atoms with E-state index < -0.39 is 0 Å². The van der Waals surface area contributed by atoms with Gasteiger partial charge in [-0.3, -0.25) is 4.79 Å². The van der Waals surface area contributed by atoms with E-state index >= 15 is 0 Å². The Hall–Kier alpha value is -0.570. The van der Waals surface area contributed by atoms with Crippen LogP contribution in [0.3, 0.4) is 0 Å². The van der Waals surface area contributed by atoms with E-state index in [-0.39, 0.29) is 5.97 Å². The standard InChI is InChI=1S/C10H19NO2/c11-7-2-5-10(12)13-8-6-9-3-1-4-9/h9H,1-8,11H2. The van der Waals surface area contributed by atoms with Gasteiger partial charge in [0, 0.05) is 6.42 Å². The molecule has 1 rings (SSSR count). The monoisotopic (exact) mass is 185 g/mol. The summed E-state index contributed by atoms with van der Waals surface area (Å²) in [5, 5.41) is 0. The molecule has 0 heterocycles. The number of ether oxygens (including phenoxy) is 1. The number of rotatable bonds is 6. The third-order valence-electron chi connectivity index (χ3n) is 2.60. The second-order valence-electron chi connectivity index (χ2n) is 3.70. The molecule has 0 spiro atoms. The zero-order valence-electron chi connectivity index (χ0n) is 8.13. The van der Waals surface area contributed by atoms with Gasteiger partial charge in [0.15, 0.2) is 0 Å². The van der Waals surface area contributed by atoms with Crippen LogP contribution in [0.2, 0.25) is 0 Å². The molecule has 3 heteroatoms. The average molecular weight is 185 g/mol. The summed E-state index contributed by atoms with van der Waals surface area (Å²) in [7, 11) is 0. The molecule has 13 heavy (non-hydrogen) atoms. The lowest BCUT2D eigenvalue weighted by molar-refractivity contribution is -0.144. The molecule has 1 saturated carbocycles. The van der Waals surface area contributed by atoms with Crippen molar-refractivity contribution in [3.8, 4) is 0 Å². The predicted molar refractivity (Wildman–Crippen MR) is 51.2 cm³/mol. The van der Waals surface area contributed by atoms with E-state index in [0.29, 0.717) is 19.6 Å². The molecular formula is C10H19NO2. The molecule has 0 unspecified atom stereocenters. The Balaban J connectivity index is 1.88. The molecule has 0 atom stereocenters. The Labute approximate surface area is 79.6 Å². The highest BCUT2D eigenvalue weighted by Crippen LogP contribution is 2.29. The molecule has 2 N–H and O–H groups in total. The number of hydrogen-bond donors (Lipinski definition) is 1. The van der Waals surface area contributed by atoms with Crippen LogP contribution in [0.15, 0.2) is 0 Å². The highest BCUT2D eigenvalue weighted by atomic mass is 16.5. The number of esters is 1. The third kappa shape index (κ3) is 4.27. The van der Waals surface area contributed by atoms with Crippen molar-refractivity contribution in [1.82, 2.24) is 0 Å². The molecule has 0 saturated heterocycles. The van der Waals surface area contributed by atoms with Crippen molar-refractivity contribution in [3.05, 3.63) is 0 Å². The number of nitrogens with two attached hydrogens (primary N) is 1. The highest BCUT2D eigenvalue weighted by molar-refractivity contribution is 5.69. The molecule has 1 fully saturated rings. The van der Waals surface area contributed by atoms with Crippen molar-refractivity contribution in [1.29, 1.82) is 0 Å². The maximum Gasteiger partial charge on any atom is 0.305 e. The predicted octanol–water partition coefficient (Wildman–Crippen LogP) is 1.46. The molecule has 0 radical (unpaired) electrons. The minimum atomic E-state index is -0.0928. The SMILES string of the molecule is NCCCC(=O)OCCC1CCC1. The molecular weight excluding hydrogens is 166 g/mol. The molecule has 3 nitrogen and oxygen atoms in total. The van der Waals surface area contributed by atoms with Gasteiger partial charge in [-0.05, 0) is 25.3 Å². The molecule has 0 aromatic rings. The van der Waals surface area contributed by atoms with Crippen LogP contribution in [0.4, 0.5) is 0 Å². The van der Waals surface area contributed by atoms with E-state index in [1.807, 2.05) is 0 Å². The van der Waals surface area contributed by atoms with Crippen LogP contribution in [0, 0.1) is 5.92 Å². The first-order chi connectivity index (χ1) is 6.33. The van der Waals surface area contributed by atoms with Crippen LogP contribution in [-0.4, -0.2) is 19.1 Å². The molecule has 0 aliphatic heterocycles. The van der Waals surface area contributed by atoms with Crippen molar-refractivity contribution in [2.75, 3.05) is 13.2 Å². The maximum absolute atomic E-state index is 11.0. The van der Waals surface area contributed by atoms with E-state index in [0.717, 1.165) is 18.8 Å². The van der Waals surface area contributed by atoms with Gasteiger partial charge < -0.3 is 10.5 Å². The minimum Gasteiger partial charge on any atom is -0.466 e. The first-order valence-electron chi connectivity index (χ1n) is 5.18. The van der Waals surface area contributed by atoms with E-state index in [1.54, 1.807) is 0 Å². The largest absolute Gasteiger partial charge is 0.466 e. The summed E-state index contributed by atoms with van der Waals surface area (Å²) in [4.78, 5) is 11.0. The highest BCUT2D eigenvalue weighted by Gasteiger charge is 2.17. The fourth-order valence-electron chi connectivity index (χ4n) is 1.44. The molecule has 1 aliphatic rings. The maximum atomic E-state index is 11.0. The lowest BCUT2D eigenvalue weighted by atomic mass is 9.83. The Kier molecular flexibility index (Phi) is 4.83. The zero-order valence-corrected chi connectivity index (χ0v) is 8.13. The Bertz CT molecular complexity index is 155. The first kappa shape index (κ1) is 10.5. The summed E-state index contributed by atoms with van der Waals surface area (Å²) in [6.45, 7) is 1.17. The lowest BCUT2D eigenvalue weighted by Crippen LogP contribution is -2.15. The number of carbonyl (C=O) groups is 1. The van der Waals surface area contributed by atoms with Crippen LogP contribution >= 0.6 is 0 Å². The number of hydrogen-bond acceptors (Lipinski definition) is 3. The normalized spacial score (nSPS) is 16.7. The van der Waals surface area contributed by atoms with Crippen LogP contribution in [-0.2, 0) is 9.53 Å². The van der Waals surface area contributed by atoms with Gasteiger partial charge in [0.05, 0.1) is 6.61 Å². The summed E-state index contributed by atoms with van der Waals surface area (Å²) in [6.07, 6.45) is 6.25. The van der Waals surface area contributed by atoms with Crippen molar-refractivity contribution < 1.29 is 9.53 Å². The van der Waals surface area contributed by atoms with Gasteiger partial charge in [-0.1, -0.05) is 19.3 Å². The Morgan fingerprint density at radius 3 is 2.77 bits per heavy atom. The summed E-state index contributed by atoms with van der Waals surface area (Å²) >= 11 is 0. The van der Waals surface area contributed by atoms with Crippen molar-refractivity contribution in [3.63, 3.8) is 0 Å². The summed E-state index contributed by atoms with van der Waals surface area (Å²) in [5.74, 6) is 0.729. The molecule has 0 aromatic carbocycles. The van der Waals surface area contributed by atoms with Gasteiger partial charge in [0.2, 0.25) is 0 Å². The fourth-order valence-corrected chi connectivity index (χ4v) is 1.44. The van der Waals surface area contributed by atoms with E-state index in [2.05, 4.69) is 0 Å². The number of carbonyl (C=O) groups excluding carboxylic acids is 1. The van der Waals surface area contributed by atoms with Gasteiger partial charge in [0.25, 0.3) is 0 Å². The van der Waals surface area contributed by atoms with Crippen molar-refractivity contribution >= 4 is 5.97 Å². The zero-order chi connectivity index (χ0) is 9.52. The van der Waals surface area contributed by atoms with Gasteiger partial charge in [-0.25, -0.2) is 0 Å². The minimum absolute atomic E-state index is 0.0928. The lowest BCUT2D eigenvalue weighted by Gasteiger charge is -2.24. The summed E-state index contributed by atoms with van der Waals surface area (Å²) in [5.41, 5.74) is 5.28. The Morgan fingerprint density at radius 2 is 2.23 bits per heavy atom. The first-order valence-corrected chi connectivity index (χ1v) is 5.18. The molecule has 1 aliphatic carbocycles. The average Bonchev–Trinajstić information content (AvgIpc) is 2.06. The van der Waals surface area contributed by atoms with Crippen LogP contribution in [0.1, 0.15) is 38.5 Å². The molecule has 76 valence electrons. The second-order valence-corrected chi connectivity index (χ2v) is 3.70. The van der Waals surface area contributed by atoms with E-state index in [1.165, 1.54) is 19.3 Å². The van der Waals surface area contributed by atoms with Gasteiger partial charge >= 0.3 is 5.97 Å². The smallest absolute Gasteiger partial charge is 0.305 e. The topological polar surface area (TPSA) is 52.3 Å². The second kappa shape index (κ2) is 5.97. The molecule has 0 amide bonds. The van der Waals surface area contributed by atoms with Crippen LogP contribution < -0.4 is 5.73 Å². The van der Waals surface area contributed by atoms with Crippen LogP contribution in [0.25, 0.3) is 0 Å². The van der Waals surface area contributed by atoms with Crippen molar-refractivity contribution in [2.24, 2.45) is 11.7 Å². The fraction of sp³-hybridized carbons (Fsp3) is 0.900. The van der Waals surface area contributed by atoms with Crippen LogP contribution in [0.5, 0.6) is 0 Å². The van der Waals surface area contributed by atoms with E-state index in [4.69, 9.17) is 10.5 Å². The quantitative estimate of drug-likeness (QED) is 0.637. The van der Waals surface area contributed by atoms with Crippen molar-refractivity contribution in [2.45, 2.75) is 38.5 Å². The summed E-state index contributed by atoms with van der Waals surface area (Å²) < 4.78 is 5.06.